The van der Waals surface area contributed by atoms with Crippen LogP contribution in [0.25, 0.3) is 22.4 Å². The van der Waals surface area contributed by atoms with E-state index < -0.39 is 0 Å². The lowest BCUT2D eigenvalue weighted by molar-refractivity contribution is 0.354. The van der Waals surface area contributed by atoms with Crippen molar-refractivity contribution in [3.63, 3.8) is 0 Å². The Balaban J connectivity index is 1.85. The summed E-state index contributed by atoms with van der Waals surface area (Å²) in [6.45, 7) is 2.00. The maximum Gasteiger partial charge on any atom is 0.291 e. The van der Waals surface area contributed by atoms with Gasteiger partial charge in [-0.2, -0.15) is 9.50 Å². The van der Waals surface area contributed by atoms with Gasteiger partial charge in [0.05, 0.1) is 18.8 Å². The fourth-order valence-electron chi connectivity index (χ4n) is 2.94. The van der Waals surface area contributed by atoms with Crippen LogP contribution in [-0.4, -0.2) is 28.8 Å². The highest BCUT2D eigenvalue weighted by Gasteiger charge is 2.14. The minimum Gasteiger partial charge on any atom is -0.493 e. The summed E-state index contributed by atoms with van der Waals surface area (Å²) >= 11 is 1.30. The minimum absolute atomic E-state index is 0.202. The zero-order chi connectivity index (χ0) is 19.0. The molecule has 6 nitrogen and oxygen atoms in total. The molecule has 0 aliphatic rings. The molecule has 0 fully saturated rings. The monoisotopic (exact) mass is 379 g/mol. The number of aromatic nitrogens is 3. The number of hydrogen-bond donors (Lipinski definition) is 0. The Labute approximate surface area is 159 Å². The first-order chi connectivity index (χ1) is 13.1. The first-order valence-electron chi connectivity index (χ1n) is 8.30. The molecule has 0 saturated carbocycles. The summed E-state index contributed by atoms with van der Waals surface area (Å²) in [4.78, 5) is 17.9. The van der Waals surface area contributed by atoms with Crippen LogP contribution in [0.5, 0.6) is 11.5 Å². The van der Waals surface area contributed by atoms with Crippen LogP contribution in [-0.2, 0) is 0 Å². The van der Waals surface area contributed by atoms with Crippen molar-refractivity contribution in [3.05, 3.63) is 68.5 Å². The van der Waals surface area contributed by atoms with E-state index in [0.717, 1.165) is 16.7 Å². The molecule has 0 aliphatic heterocycles. The molecule has 136 valence electrons. The standard InChI is InChI=1S/C20H17N3O3S/c1-12-7-4-5-9-14(12)18-21-20-23(22-18)19(24)16(27-20)11-13-8-6-10-15(25-2)17(13)26-3/h4-11H,1-3H3/b16-11-. The van der Waals surface area contributed by atoms with Crippen molar-refractivity contribution in [2.75, 3.05) is 14.2 Å². The van der Waals surface area contributed by atoms with E-state index in [1.165, 1.54) is 15.9 Å². The average molecular weight is 379 g/mol. The van der Waals surface area contributed by atoms with Gasteiger partial charge in [-0.25, -0.2) is 0 Å². The van der Waals surface area contributed by atoms with Gasteiger partial charge in [0.15, 0.2) is 17.3 Å². The predicted octanol–water partition coefficient (Wildman–Crippen LogP) is 2.69. The number of hydrogen-bond acceptors (Lipinski definition) is 6. The lowest BCUT2D eigenvalue weighted by Gasteiger charge is -2.09. The van der Waals surface area contributed by atoms with Crippen molar-refractivity contribution < 1.29 is 9.47 Å². The second-order valence-electron chi connectivity index (χ2n) is 5.94. The summed E-state index contributed by atoms with van der Waals surface area (Å²) in [5, 5.41) is 4.41. The van der Waals surface area contributed by atoms with E-state index in [0.29, 0.717) is 26.8 Å². The van der Waals surface area contributed by atoms with Gasteiger partial charge < -0.3 is 9.47 Å². The first kappa shape index (κ1) is 17.2. The van der Waals surface area contributed by atoms with Crippen molar-refractivity contribution in [2.45, 2.75) is 6.92 Å². The third-order valence-corrected chi connectivity index (χ3v) is 5.25. The highest BCUT2D eigenvalue weighted by molar-refractivity contribution is 7.15. The molecule has 0 unspecified atom stereocenters. The van der Waals surface area contributed by atoms with E-state index in [4.69, 9.17) is 9.47 Å². The van der Waals surface area contributed by atoms with Gasteiger partial charge in [-0.1, -0.05) is 47.7 Å². The molecule has 0 N–H and O–H groups in total. The fraction of sp³-hybridized carbons (Fsp3) is 0.150. The Morgan fingerprint density at radius 1 is 1.07 bits per heavy atom. The highest BCUT2D eigenvalue weighted by atomic mass is 32.1. The molecular formula is C20H17N3O3S. The second-order valence-corrected chi connectivity index (χ2v) is 6.95. The van der Waals surface area contributed by atoms with Crippen LogP contribution in [0.3, 0.4) is 0 Å². The Morgan fingerprint density at radius 2 is 1.89 bits per heavy atom. The summed E-state index contributed by atoms with van der Waals surface area (Å²) in [5.74, 6) is 1.75. The van der Waals surface area contributed by atoms with Crippen LogP contribution in [0.4, 0.5) is 0 Å². The highest BCUT2D eigenvalue weighted by Crippen LogP contribution is 2.31. The van der Waals surface area contributed by atoms with E-state index >= 15 is 0 Å². The molecule has 27 heavy (non-hydrogen) atoms. The average Bonchev–Trinajstić information content (AvgIpc) is 3.21. The number of thiazole rings is 1. The van der Waals surface area contributed by atoms with E-state index in [-0.39, 0.29) is 5.56 Å². The fourth-order valence-corrected chi connectivity index (χ4v) is 3.84. The maximum absolute atomic E-state index is 12.8. The number of methoxy groups -OCH3 is 2. The number of aryl methyl sites for hydroxylation is 1. The molecule has 2 aromatic heterocycles. The molecule has 0 atom stereocenters. The molecule has 0 saturated heterocycles. The van der Waals surface area contributed by atoms with Crippen LogP contribution in [0.2, 0.25) is 0 Å². The number of para-hydroxylation sites is 1. The number of benzene rings is 2. The molecule has 0 aliphatic carbocycles. The van der Waals surface area contributed by atoms with Gasteiger partial charge in [0, 0.05) is 11.1 Å². The van der Waals surface area contributed by atoms with Crippen molar-refractivity contribution in [1.82, 2.24) is 14.6 Å². The van der Waals surface area contributed by atoms with Gasteiger partial charge in [-0.3, -0.25) is 4.79 Å². The molecule has 0 bridgehead atoms. The Kier molecular flexibility index (Phi) is 4.37. The predicted molar refractivity (Wildman–Crippen MR) is 106 cm³/mol. The third-order valence-electron chi connectivity index (χ3n) is 4.29. The minimum atomic E-state index is -0.202. The summed E-state index contributed by atoms with van der Waals surface area (Å²) in [7, 11) is 3.15. The Bertz CT molecular complexity index is 1240. The molecule has 2 heterocycles. The van der Waals surface area contributed by atoms with Gasteiger partial charge in [0.25, 0.3) is 5.56 Å². The van der Waals surface area contributed by atoms with E-state index in [2.05, 4.69) is 10.1 Å². The summed E-state index contributed by atoms with van der Waals surface area (Å²) in [6.07, 6.45) is 1.78. The maximum atomic E-state index is 12.8. The molecule has 0 amide bonds. The van der Waals surface area contributed by atoms with Crippen molar-refractivity contribution in [1.29, 1.82) is 0 Å². The smallest absolute Gasteiger partial charge is 0.291 e. The Hall–Kier alpha value is -3.19. The number of rotatable bonds is 4. The zero-order valence-corrected chi connectivity index (χ0v) is 15.9. The topological polar surface area (TPSA) is 65.7 Å². The van der Waals surface area contributed by atoms with Gasteiger partial charge in [-0.05, 0) is 24.6 Å². The SMILES string of the molecule is COc1cccc(/C=c2\sc3nc(-c4ccccc4C)nn3c2=O)c1OC. The summed E-state index contributed by atoms with van der Waals surface area (Å²) in [6, 6.07) is 13.4. The van der Waals surface area contributed by atoms with E-state index in [1.54, 1.807) is 20.3 Å². The molecule has 2 aromatic carbocycles. The van der Waals surface area contributed by atoms with Gasteiger partial charge >= 0.3 is 0 Å². The number of fused-ring (bicyclic) bond motifs is 1. The lowest BCUT2D eigenvalue weighted by atomic mass is 10.1. The van der Waals surface area contributed by atoms with E-state index in [1.807, 2.05) is 49.4 Å². The van der Waals surface area contributed by atoms with Crippen molar-refractivity contribution in [3.8, 4) is 22.9 Å². The molecular weight excluding hydrogens is 362 g/mol. The van der Waals surface area contributed by atoms with Gasteiger partial charge in [0.2, 0.25) is 4.96 Å². The van der Waals surface area contributed by atoms with Gasteiger partial charge in [0.1, 0.15) is 0 Å². The normalized spacial score (nSPS) is 11.9. The molecule has 0 radical (unpaired) electrons. The molecule has 7 heteroatoms. The first-order valence-corrected chi connectivity index (χ1v) is 9.12. The number of nitrogens with zero attached hydrogens (tertiary/aromatic N) is 3. The van der Waals surface area contributed by atoms with Crippen molar-refractivity contribution in [2.24, 2.45) is 0 Å². The van der Waals surface area contributed by atoms with Gasteiger partial charge in [-0.15, -0.1) is 5.10 Å². The van der Waals surface area contributed by atoms with Crippen LogP contribution in [0, 0.1) is 6.92 Å². The Morgan fingerprint density at radius 3 is 2.59 bits per heavy atom. The van der Waals surface area contributed by atoms with Crippen molar-refractivity contribution >= 4 is 22.4 Å². The third kappa shape index (κ3) is 2.96. The summed E-state index contributed by atoms with van der Waals surface area (Å²) in [5.41, 5.74) is 2.55. The van der Waals surface area contributed by atoms with E-state index in [9.17, 15) is 4.79 Å². The largest absolute Gasteiger partial charge is 0.493 e. The molecule has 0 spiro atoms. The van der Waals surface area contributed by atoms with Crippen LogP contribution < -0.4 is 19.6 Å². The zero-order valence-electron chi connectivity index (χ0n) is 15.1. The van der Waals surface area contributed by atoms with Crippen LogP contribution >= 0.6 is 11.3 Å². The molecule has 4 rings (SSSR count). The lowest BCUT2D eigenvalue weighted by Crippen LogP contribution is -2.23. The summed E-state index contributed by atoms with van der Waals surface area (Å²) < 4.78 is 12.6. The molecule has 4 aromatic rings. The number of ether oxygens (including phenoxy) is 2. The second kappa shape index (κ2) is 6.85. The van der Waals surface area contributed by atoms with Crippen LogP contribution in [0.15, 0.2) is 47.3 Å². The quantitative estimate of drug-likeness (QED) is 0.545. The van der Waals surface area contributed by atoms with Crippen LogP contribution in [0.1, 0.15) is 11.1 Å².